The first kappa shape index (κ1) is 9.03. The highest BCUT2D eigenvalue weighted by atomic mass is 19.3. The van der Waals surface area contributed by atoms with E-state index in [1.807, 2.05) is 0 Å². The van der Waals surface area contributed by atoms with Gasteiger partial charge in [0.15, 0.2) is 0 Å². The Balaban J connectivity index is 2.96. The molecule has 0 aliphatic rings. The zero-order chi connectivity index (χ0) is 9.14. The molecule has 4 heteroatoms. The highest BCUT2D eigenvalue weighted by Gasteiger charge is 2.14. The highest BCUT2D eigenvalue weighted by molar-refractivity contribution is 5.33. The summed E-state index contributed by atoms with van der Waals surface area (Å²) in [6, 6.07) is 4.04. The number of halogens is 4. The zero-order valence-corrected chi connectivity index (χ0v) is 5.82. The van der Waals surface area contributed by atoms with E-state index in [0.29, 0.717) is 0 Å². The fourth-order valence-electron chi connectivity index (χ4n) is 0.754. The average Bonchev–Trinajstić information content (AvgIpc) is 2.04. The molecule has 1 rings (SSSR count). The Morgan fingerprint density at radius 1 is 0.833 bits per heavy atom. The zero-order valence-electron chi connectivity index (χ0n) is 5.82. The quantitative estimate of drug-likeness (QED) is 0.607. The molecule has 0 saturated carbocycles. The largest absolute Gasteiger partial charge is 0.339 e. The van der Waals surface area contributed by atoms with Crippen LogP contribution < -0.4 is 0 Å². The van der Waals surface area contributed by atoms with Crippen LogP contribution in [0.25, 0.3) is 0 Å². The van der Waals surface area contributed by atoms with E-state index in [-0.39, 0.29) is 0 Å². The minimum Gasteiger partial charge on any atom is -0.194 e. The number of benzene rings is 1. The molecule has 12 heavy (non-hydrogen) atoms. The van der Waals surface area contributed by atoms with E-state index in [9.17, 15) is 17.6 Å². The van der Waals surface area contributed by atoms with E-state index in [0.717, 1.165) is 24.3 Å². The van der Waals surface area contributed by atoms with E-state index < -0.39 is 24.0 Å². The normalized spacial score (nSPS) is 11.2. The minimum absolute atomic E-state index is 0.472. The topological polar surface area (TPSA) is 0 Å². The molecule has 1 aromatic rings. The van der Waals surface area contributed by atoms with Gasteiger partial charge in [-0.25, -0.2) is 0 Å². The van der Waals surface area contributed by atoms with Crippen LogP contribution in [0.5, 0.6) is 0 Å². The van der Waals surface area contributed by atoms with Gasteiger partial charge in [0.05, 0.1) is 0 Å². The minimum atomic E-state index is -1.96. The summed E-state index contributed by atoms with van der Waals surface area (Å²) in [5.41, 5.74) is -0.944. The maximum atomic E-state index is 11.9. The van der Waals surface area contributed by atoms with Crippen LogP contribution >= 0.6 is 0 Å². The number of rotatable bonds is 2. The molecule has 0 fully saturated rings. The SMILES string of the molecule is F[C](F)c1cccc([C](F)F)c1. The van der Waals surface area contributed by atoms with E-state index in [1.165, 1.54) is 0 Å². The van der Waals surface area contributed by atoms with Gasteiger partial charge in [0.25, 0.3) is 0 Å². The van der Waals surface area contributed by atoms with Crippen LogP contribution in [0.4, 0.5) is 17.6 Å². The summed E-state index contributed by atoms with van der Waals surface area (Å²) in [5.74, 6) is 0. The lowest BCUT2D eigenvalue weighted by Gasteiger charge is -2.00. The van der Waals surface area contributed by atoms with Crippen LogP contribution in [0.3, 0.4) is 0 Å². The van der Waals surface area contributed by atoms with E-state index in [1.54, 1.807) is 0 Å². The van der Waals surface area contributed by atoms with Gasteiger partial charge < -0.3 is 0 Å². The Morgan fingerprint density at radius 3 is 1.58 bits per heavy atom. The van der Waals surface area contributed by atoms with E-state index in [4.69, 9.17) is 0 Å². The Labute approximate surface area is 66.8 Å². The second-order valence-electron chi connectivity index (χ2n) is 2.10. The van der Waals surface area contributed by atoms with Gasteiger partial charge in [-0.05, 0) is 6.07 Å². The third-order valence-corrected chi connectivity index (χ3v) is 1.30. The van der Waals surface area contributed by atoms with Gasteiger partial charge >= 0.3 is 12.9 Å². The molecule has 0 aliphatic carbocycles. The van der Waals surface area contributed by atoms with Crippen molar-refractivity contribution >= 4 is 0 Å². The molecule has 0 unspecified atom stereocenters. The fourth-order valence-corrected chi connectivity index (χ4v) is 0.754. The molecule has 0 aliphatic heterocycles. The van der Waals surface area contributed by atoms with Crippen molar-refractivity contribution in [2.45, 2.75) is 0 Å². The monoisotopic (exact) mass is 176 g/mol. The molecule has 0 spiro atoms. The predicted molar refractivity (Wildman–Crippen MR) is 35.6 cm³/mol. The summed E-state index contributed by atoms with van der Waals surface area (Å²) < 4.78 is 47.5. The molecule has 0 heterocycles. The van der Waals surface area contributed by atoms with Crippen LogP contribution in [0.2, 0.25) is 0 Å². The van der Waals surface area contributed by atoms with Gasteiger partial charge in [-0.3, -0.25) is 0 Å². The van der Waals surface area contributed by atoms with Gasteiger partial charge in [-0.2, -0.15) is 17.6 Å². The molecule has 0 atom stereocenters. The van der Waals surface area contributed by atoms with Crippen molar-refractivity contribution in [3.63, 3.8) is 0 Å². The molecule has 1 aromatic carbocycles. The summed E-state index contributed by atoms with van der Waals surface area (Å²) in [6.07, 6.45) is -3.92. The fraction of sp³-hybridized carbons (Fsp3) is 0. The predicted octanol–water partition coefficient (Wildman–Crippen LogP) is 3.24. The van der Waals surface area contributed by atoms with Gasteiger partial charge in [-0.1, -0.05) is 18.2 Å². The smallest absolute Gasteiger partial charge is 0.194 e. The highest BCUT2D eigenvalue weighted by Crippen LogP contribution is 2.23. The Kier molecular flexibility index (Phi) is 2.68. The van der Waals surface area contributed by atoms with E-state index in [2.05, 4.69) is 0 Å². The molecular formula is C8H4F4. The van der Waals surface area contributed by atoms with Gasteiger partial charge in [-0.15, -0.1) is 0 Å². The first-order valence-electron chi connectivity index (χ1n) is 3.08. The van der Waals surface area contributed by atoms with Crippen LogP contribution in [-0.4, -0.2) is 0 Å². The lowest BCUT2D eigenvalue weighted by molar-refractivity contribution is 0.318. The van der Waals surface area contributed by atoms with Crippen molar-refractivity contribution in [3.8, 4) is 0 Å². The van der Waals surface area contributed by atoms with Crippen molar-refractivity contribution in [2.24, 2.45) is 0 Å². The summed E-state index contributed by atoms with van der Waals surface area (Å²) >= 11 is 0. The van der Waals surface area contributed by atoms with E-state index >= 15 is 0 Å². The molecule has 0 bridgehead atoms. The van der Waals surface area contributed by atoms with Crippen LogP contribution in [0, 0.1) is 12.9 Å². The van der Waals surface area contributed by atoms with Crippen LogP contribution in [0.15, 0.2) is 24.3 Å². The van der Waals surface area contributed by atoms with Crippen molar-refractivity contribution < 1.29 is 17.6 Å². The Hall–Kier alpha value is -1.06. The molecular weight excluding hydrogens is 172 g/mol. The summed E-state index contributed by atoms with van der Waals surface area (Å²) in [6.45, 7) is 0. The first-order chi connectivity index (χ1) is 5.61. The van der Waals surface area contributed by atoms with Crippen LogP contribution in [0.1, 0.15) is 11.1 Å². The summed E-state index contributed by atoms with van der Waals surface area (Å²) in [5, 5.41) is 0. The molecule has 0 saturated heterocycles. The molecule has 2 radical (unpaired) electrons. The van der Waals surface area contributed by atoms with Crippen molar-refractivity contribution in [1.29, 1.82) is 0 Å². The third kappa shape index (κ3) is 1.96. The molecule has 64 valence electrons. The average molecular weight is 176 g/mol. The Morgan fingerprint density at radius 2 is 1.25 bits per heavy atom. The molecule has 0 aromatic heterocycles. The molecule has 0 N–H and O–H groups in total. The summed E-state index contributed by atoms with van der Waals surface area (Å²) in [4.78, 5) is 0. The van der Waals surface area contributed by atoms with Crippen LogP contribution in [-0.2, 0) is 0 Å². The summed E-state index contributed by atoms with van der Waals surface area (Å²) in [7, 11) is 0. The first-order valence-corrected chi connectivity index (χ1v) is 3.08. The maximum absolute atomic E-state index is 11.9. The second kappa shape index (κ2) is 3.56. The second-order valence-corrected chi connectivity index (χ2v) is 2.10. The third-order valence-electron chi connectivity index (χ3n) is 1.30. The number of hydrogen-bond acceptors (Lipinski definition) is 0. The number of hydrogen-bond donors (Lipinski definition) is 0. The molecule has 0 amide bonds. The maximum Gasteiger partial charge on any atom is 0.339 e. The standard InChI is InChI=1S/C8H4F4/c9-7(10)5-2-1-3-6(4-5)8(11)12/h1-4H. The van der Waals surface area contributed by atoms with Crippen molar-refractivity contribution in [3.05, 3.63) is 48.2 Å². The van der Waals surface area contributed by atoms with Gasteiger partial charge in [0.2, 0.25) is 0 Å². The lowest BCUT2D eigenvalue weighted by atomic mass is 10.1. The van der Waals surface area contributed by atoms with Gasteiger partial charge in [0, 0.05) is 11.1 Å². The lowest BCUT2D eigenvalue weighted by Crippen LogP contribution is -1.89. The van der Waals surface area contributed by atoms with Crippen molar-refractivity contribution in [1.82, 2.24) is 0 Å². The molecule has 0 nitrogen and oxygen atoms in total. The van der Waals surface area contributed by atoms with Crippen molar-refractivity contribution in [2.75, 3.05) is 0 Å². The van der Waals surface area contributed by atoms with Gasteiger partial charge in [0.1, 0.15) is 0 Å². The Bertz CT molecular complexity index is 234.